The minimum atomic E-state index is -0.420. The van der Waals surface area contributed by atoms with Crippen LogP contribution in [-0.4, -0.2) is 15.9 Å². The van der Waals surface area contributed by atoms with E-state index in [0.717, 1.165) is 31.2 Å². The summed E-state index contributed by atoms with van der Waals surface area (Å²) in [5.41, 5.74) is 0.819. The first-order valence-electron chi connectivity index (χ1n) is 10.3. The molecule has 2 N–H and O–H groups in total. The first-order chi connectivity index (χ1) is 13.6. The largest absolute Gasteiger partial charge is 0.343 e. The van der Waals surface area contributed by atoms with Gasteiger partial charge in [0.1, 0.15) is 17.3 Å². The van der Waals surface area contributed by atoms with E-state index in [1.54, 1.807) is 0 Å². The van der Waals surface area contributed by atoms with Crippen LogP contribution in [0.5, 0.6) is 0 Å². The second-order valence-electron chi connectivity index (χ2n) is 9.86. The number of benzene rings is 1. The molecule has 0 aliphatic heterocycles. The molecule has 5 nitrogen and oxygen atoms in total. The van der Waals surface area contributed by atoms with E-state index in [2.05, 4.69) is 22.2 Å². The van der Waals surface area contributed by atoms with Crippen molar-refractivity contribution in [3.8, 4) is 0 Å². The molecule has 1 atom stereocenters. The molecule has 1 heterocycles. The van der Waals surface area contributed by atoms with Crippen LogP contribution in [0.2, 0.25) is 0 Å². The number of rotatable bonds is 5. The van der Waals surface area contributed by atoms with Gasteiger partial charge in [-0.2, -0.15) is 0 Å². The van der Waals surface area contributed by atoms with Crippen LogP contribution in [0.25, 0.3) is 0 Å². The lowest BCUT2D eigenvalue weighted by Crippen LogP contribution is -2.37. The summed E-state index contributed by atoms with van der Waals surface area (Å²) in [4.78, 5) is 32.0. The summed E-state index contributed by atoms with van der Waals surface area (Å²) in [6, 6.07) is 6.09. The first kappa shape index (κ1) is 19.8. The van der Waals surface area contributed by atoms with Crippen LogP contribution in [-0.2, 0) is 5.41 Å². The fraction of sp³-hybridized carbons (Fsp3) is 0.522. The Kier molecular flexibility index (Phi) is 4.63. The third kappa shape index (κ3) is 4.11. The highest BCUT2D eigenvalue weighted by Gasteiger charge is 2.41. The summed E-state index contributed by atoms with van der Waals surface area (Å²) in [5, 5.41) is 2.98. The zero-order valence-corrected chi connectivity index (χ0v) is 17.4. The van der Waals surface area contributed by atoms with Gasteiger partial charge in [-0.15, -0.1) is 0 Å². The number of aromatic nitrogens is 2. The number of aromatic amines is 1. The van der Waals surface area contributed by atoms with E-state index in [9.17, 15) is 14.0 Å². The molecule has 1 aromatic carbocycles. The van der Waals surface area contributed by atoms with Gasteiger partial charge in [0, 0.05) is 12.0 Å². The van der Waals surface area contributed by atoms with E-state index < -0.39 is 11.9 Å². The standard InChI is InChI=1S/C23H28FN3O2/c1-22(2,3)19(14-7-8-15(16(24)11-14)23(4)9-10-23)27-21(29)17-12-18(28)26-20(25-17)13-5-6-13/h7-8,11-13,19H,5-6,9-10H2,1-4H3,(H,27,29)(H,25,26,28). The molecule has 2 saturated carbocycles. The lowest BCUT2D eigenvalue weighted by Gasteiger charge is -2.32. The highest BCUT2D eigenvalue weighted by Crippen LogP contribution is 2.49. The molecular weight excluding hydrogens is 369 g/mol. The van der Waals surface area contributed by atoms with Gasteiger partial charge in [0.15, 0.2) is 0 Å². The molecule has 4 rings (SSSR count). The Labute approximate surface area is 170 Å². The Morgan fingerprint density at radius 2 is 1.97 bits per heavy atom. The monoisotopic (exact) mass is 397 g/mol. The van der Waals surface area contributed by atoms with Gasteiger partial charge in [0.25, 0.3) is 11.5 Å². The molecule has 154 valence electrons. The van der Waals surface area contributed by atoms with Crippen molar-refractivity contribution in [3.05, 3.63) is 63.1 Å². The van der Waals surface area contributed by atoms with Gasteiger partial charge < -0.3 is 10.3 Å². The van der Waals surface area contributed by atoms with Crippen LogP contribution in [0.1, 0.15) is 92.8 Å². The zero-order chi connectivity index (χ0) is 21.0. The topological polar surface area (TPSA) is 74.8 Å². The quantitative estimate of drug-likeness (QED) is 0.787. The minimum absolute atomic E-state index is 0.0582. The predicted molar refractivity (Wildman–Crippen MR) is 109 cm³/mol. The number of halogens is 1. The lowest BCUT2D eigenvalue weighted by molar-refractivity contribution is 0.0895. The number of amides is 1. The summed E-state index contributed by atoms with van der Waals surface area (Å²) in [6.07, 6.45) is 3.95. The first-order valence-corrected chi connectivity index (χ1v) is 10.3. The molecule has 2 aliphatic rings. The maximum atomic E-state index is 14.8. The lowest BCUT2D eigenvalue weighted by atomic mass is 9.81. The minimum Gasteiger partial charge on any atom is -0.343 e. The van der Waals surface area contributed by atoms with E-state index in [1.165, 1.54) is 12.1 Å². The van der Waals surface area contributed by atoms with Gasteiger partial charge in [0.05, 0.1) is 6.04 Å². The number of hydrogen-bond acceptors (Lipinski definition) is 3. The van der Waals surface area contributed by atoms with Crippen molar-refractivity contribution in [2.45, 2.75) is 70.8 Å². The van der Waals surface area contributed by atoms with Crippen LogP contribution in [0.15, 0.2) is 29.1 Å². The third-order valence-electron chi connectivity index (χ3n) is 6.07. The summed E-state index contributed by atoms with van der Waals surface area (Å²) >= 11 is 0. The maximum Gasteiger partial charge on any atom is 0.270 e. The van der Waals surface area contributed by atoms with Crippen LogP contribution in [0.4, 0.5) is 4.39 Å². The Hall–Kier alpha value is -2.50. The van der Waals surface area contributed by atoms with Gasteiger partial charge >= 0.3 is 0 Å². The third-order valence-corrected chi connectivity index (χ3v) is 6.07. The van der Waals surface area contributed by atoms with Gasteiger partial charge in [-0.25, -0.2) is 9.37 Å². The van der Waals surface area contributed by atoms with E-state index in [1.807, 2.05) is 32.9 Å². The molecule has 0 spiro atoms. The second kappa shape index (κ2) is 6.78. The molecule has 1 aromatic heterocycles. The number of nitrogens with one attached hydrogen (secondary N) is 2. The van der Waals surface area contributed by atoms with Gasteiger partial charge in [-0.3, -0.25) is 9.59 Å². The molecule has 1 amide bonds. The fourth-order valence-corrected chi connectivity index (χ4v) is 3.81. The second-order valence-corrected chi connectivity index (χ2v) is 9.86. The zero-order valence-electron chi connectivity index (χ0n) is 17.4. The molecule has 2 fully saturated rings. The van der Waals surface area contributed by atoms with E-state index in [-0.39, 0.29) is 33.8 Å². The van der Waals surface area contributed by atoms with Crippen molar-refractivity contribution in [3.63, 3.8) is 0 Å². The molecule has 0 radical (unpaired) electrons. The Bertz CT molecular complexity index is 1010. The van der Waals surface area contributed by atoms with Crippen LogP contribution < -0.4 is 10.9 Å². The normalized spacial score (nSPS) is 18.9. The fourth-order valence-electron chi connectivity index (χ4n) is 3.81. The maximum absolute atomic E-state index is 14.8. The van der Waals surface area contributed by atoms with Crippen molar-refractivity contribution in [1.29, 1.82) is 0 Å². The SMILES string of the molecule is CC1(c2ccc(C(NC(=O)c3cc(=O)[nH]c(C4CC4)n3)C(C)(C)C)cc2F)CC1. The summed E-state index contributed by atoms with van der Waals surface area (Å²) < 4.78 is 14.8. The Balaban J connectivity index is 1.62. The average molecular weight is 397 g/mol. The summed E-state index contributed by atoms with van der Waals surface area (Å²) in [6.45, 7) is 8.05. The molecular formula is C23H28FN3O2. The van der Waals surface area contributed by atoms with E-state index in [0.29, 0.717) is 11.4 Å². The van der Waals surface area contributed by atoms with E-state index >= 15 is 0 Å². The number of carbonyl (C=O) groups excluding carboxylic acids is 1. The molecule has 0 bridgehead atoms. The molecule has 2 aromatic rings. The molecule has 1 unspecified atom stereocenters. The van der Waals surface area contributed by atoms with Gasteiger partial charge in [-0.05, 0) is 53.7 Å². The van der Waals surface area contributed by atoms with Gasteiger partial charge in [-0.1, -0.05) is 39.8 Å². The molecule has 6 heteroatoms. The number of carbonyl (C=O) groups is 1. The number of hydrogen-bond donors (Lipinski definition) is 2. The predicted octanol–water partition coefficient (Wildman–Crippen LogP) is 4.36. The summed E-state index contributed by atoms with van der Waals surface area (Å²) in [5.74, 6) is 0.162. The van der Waals surface area contributed by atoms with Crippen molar-refractivity contribution in [2.24, 2.45) is 5.41 Å². The number of nitrogens with zero attached hydrogens (tertiary/aromatic N) is 1. The molecule has 2 aliphatic carbocycles. The highest BCUT2D eigenvalue weighted by atomic mass is 19.1. The molecule has 0 saturated heterocycles. The Morgan fingerprint density at radius 1 is 1.28 bits per heavy atom. The highest BCUT2D eigenvalue weighted by molar-refractivity contribution is 5.92. The van der Waals surface area contributed by atoms with Crippen molar-refractivity contribution < 1.29 is 9.18 Å². The van der Waals surface area contributed by atoms with Gasteiger partial charge in [0.2, 0.25) is 0 Å². The van der Waals surface area contributed by atoms with Crippen molar-refractivity contribution in [1.82, 2.24) is 15.3 Å². The van der Waals surface area contributed by atoms with Crippen molar-refractivity contribution >= 4 is 5.91 Å². The van der Waals surface area contributed by atoms with E-state index in [4.69, 9.17) is 0 Å². The molecule has 29 heavy (non-hydrogen) atoms. The summed E-state index contributed by atoms with van der Waals surface area (Å²) in [7, 11) is 0. The van der Waals surface area contributed by atoms with Crippen LogP contribution >= 0.6 is 0 Å². The Morgan fingerprint density at radius 3 is 2.52 bits per heavy atom. The van der Waals surface area contributed by atoms with Crippen LogP contribution in [0.3, 0.4) is 0 Å². The number of H-pyrrole nitrogens is 1. The van der Waals surface area contributed by atoms with Crippen molar-refractivity contribution in [2.75, 3.05) is 0 Å². The smallest absolute Gasteiger partial charge is 0.270 e. The van der Waals surface area contributed by atoms with Crippen LogP contribution in [0, 0.1) is 11.2 Å². The average Bonchev–Trinajstić information content (AvgIpc) is 3.54.